The van der Waals surface area contributed by atoms with E-state index in [1.54, 1.807) is 23.4 Å². The van der Waals surface area contributed by atoms with Gasteiger partial charge in [-0.3, -0.25) is 9.78 Å². The molecule has 1 fully saturated rings. The maximum atomic E-state index is 13.0. The summed E-state index contributed by atoms with van der Waals surface area (Å²) in [5.41, 5.74) is 2.11. The standard InChI is InChI=1S/C18H18N4O3/c1-21-7-3-5-15(21)16-12-24-9-8-22(16)18(23)14-10-17(25-20-14)13-4-2-6-19-11-13/h2-7,10-11,16H,8-9,12H2,1H3/t16-/m1/s1. The zero-order valence-electron chi connectivity index (χ0n) is 13.8. The minimum atomic E-state index is -0.159. The Kier molecular flexibility index (Phi) is 4.07. The molecule has 1 saturated heterocycles. The predicted octanol–water partition coefficient (Wildman–Crippen LogP) is 2.29. The lowest BCUT2D eigenvalue weighted by Gasteiger charge is -2.35. The molecule has 0 aliphatic carbocycles. The van der Waals surface area contributed by atoms with Crippen molar-refractivity contribution in [1.29, 1.82) is 0 Å². The van der Waals surface area contributed by atoms with Crippen LogP contribution in [0.5, 0.6) is 0 Å². The summed E-state index contributed by atoms with van der Waals surface area (Å²) in [6.07, 6.45) is 5.32. The number of rotatable bonds is 3. The smallest absolute Gasteiger partial charge is 0.276 e. The van der Waals surface area contributed by atoms with Gasteiger partial charge in [0.2, 0.25) is 0 Å². The fourth-order valence-corrected chi connectivity index (χ4v) is 3.08. The van der Waals surface area contributed by atoms with E-state index in [-0.39, 0.29) is 11.9 Å². The van der Waals surface area contributed by atoms with Crippen LogP contribution in [0.15, 0.2) is 53.4 Å². The van der Waals surface area contributed by atoms with E-state index in [2.05, 4.69) is 10.1 Å². The van der Waals surface area contributed by atoms with Crippen LogP contribution in [-0.4, -0.2) is 45.3 Å². The Balaban J connectivity index is 1.61. The van der Waals surface area contributed by atoms with Crippen LogP contribution in [0, 0.1) is 0 Å². The van der Waals surface area contributed by atoms with Crippen molar-refractivity contribution in [3.63, 3.8) is 0 Å². The first-order chi connectivity index (χ1) is 12.2. The van der Waals surface area contributed by atoms with Crippen LogP contribution in [0.2, 0.25) is 0 Å². The maximum Gasteiger partial charge on any atom is 0.276 e. The lowest BCUT2D eigenvalue weighted by atomic mass is 10.1. The molecule has 7 nitrogen and oxygen atoms in total. The molecule has 0 bridgehead atoms. The van der Waals surface area contributed by atoms with Crippen LogP contribution < -0.4 is 0 Å². The van der Waals surface area contributed by atoms with Crippen molar-refractivity contribution < 1.29 is 14.1 Å². The third kappa shape index (κ3) is 2.94. The van der Waals surface area contributed by atoms with Crippen LogP contribution in [-0.2, 0) is 11.8 Å². The minimum absolute atomic E-state index is 0.139. The van der Waals surface area contributed by atoms with Crippen LogP contribution in [0.3, 0.4) is 0 Å². The highest BCUT2D eigenvalue weighted by atomic mass is 16.5. The Morgan fingerprint density at radius 3 is 3.00 bits per heavy atom. The first kappa shape index (κ1) is 15.6. The summed E-state index contributed by atoms with van der Waals surface area (Å²) in [5.74, 6) is 0.369. The highest BCUT2D eigenvalue weighted by Crippen LogP contribution is 2.27. The highest BCUT2D eigenvalue weighted by molar-refractivity contribution is 5.93. The molecule has 25 heavy (non-hydrogen) atoms. The monoisotopic (exact) mass is 338 g/mol. The molecule has 0 radical (unpaired) electrons. The average molecular weight is 338 g/mol. The number of pyridine rings is 1. The Hall–Kier alpha value is -2.93. The number of morpholine rings is 1. The fourth-order valence-electron chi connectivity index (χ4n) is 3.08. The van der Waals surface area contributed by atoms with Gasteiger partial charge >= 0.3 is 0 Å². The van der Waals surface area contributed by atoms with Gasteiger partial charge in [0.05, 0.1) is 19.3 Å². The average Bonchev–Trinajstić information content (AvgIpc) is 3.31. The van der Waals surface area contributed by atoms with E-state index in [4.69, 9.17) is 9.26 Å². The van der Waals surface area contributed by atoms with E-state index in [0.717, 1.165) is 11.3 Å². The van der Waals surface area contributed by atoms with Crippen molar-refractivity contribution in [2.24, 2.45) is 7.05 Å². The van der Waals surface area contributed by atoms with Gasteiger partial charge in [-0.1, -0.05) is 5.16 Å². The van der Waals surface area contributed by atoms with Crippen molar-refractivity contribution >= 4 is 5.91 Å². The molecule has 4 heterocycles. The van der Waals surface area contributed by atoms with Crippen LogP contribution >= 0.6 is 0 Å². The van der Waals surface area contributed by atoms with Crippen molar-refractivity contribution in [3.05, 3.63) is 60.3 Å². The van der Waals surface area contributed by atoms with E-state index in [1.165, 1.54) is 0 Å². The van der Waals surface area contributed by atoms with Gasteiger partial charge in [-0.25, -0.2) is 0 Å². The largest absolute Gasteiger partial charge is 0.377 e. The molecule has 0 aromatic carbocycles. The van der Waals surface area contributed by atoms with Gasteiger partial charge in [-0.05, 0) is 24.3 Å². The molecule has 1 atom stereocenters. The predicted molar refractivity (Wildman–Crippen MR) is 89.7 cm³/mol. The van der Waals surface area contributed by atoms with Gasteiger partial charge in [-0.2, -0.15) is 0 Å². The number of ether oxygens (including phenoxy) is 1. The minimum Gasteiger partial charge on any atom is -0.377 e. The second-order valence-corrected chi connectivity index (χ2v) is 5.95. The summed E-state index contributed by atoms with van der Waals surface area (Å²) in [4.78, 5) is 18.8. The summed E-state index contributed by atoms with van der Waals surface area (Å²) < 4.78 is 12.9. The molecular formula is C18H18N4O3. The number of amides is 1. The van der Waals surface area contributed by atoms with Crippen molar-refractivity contribution in [3.8, 4) is 11.3 Å². The van der Waals surface area contributed by atoms with Gasteiger partial charge in [0, 0.05) is 49.5 Å². The molecule has 1 aliphatic heterocycles. The molecule has 0 spiro atoms. The van der Waals surface area contributed by atoms with Gasteiger partial charge in [0.15, 0.2) is 11.5 Å². The fraction of sp³-hybridized carbons (Fsp3) is 0.278. The molecule has 0 unspecified atom stereocenters. The quantitative estimate of drug-likeness (QED) is 0.732. The van der Waals surface area contributed by atoms with Crippen LogP contribution in [0.1, 0.15) is 22.2 Å². The van der Waals surface area contributed by atoms with Gasteiger partial charge in [0.25, 0.3) is 5.91 Å². The summed E-state index contributed by atoms with van der Waals surface area (Å²) >= 11 is 0. The van der Waals surface area contributed by atoms with Crippen molar-refractivity contribution in [2.75, 3.05) is 19.8 Å². The summed E-state index contributed by atoms with van der Waals surface area (Å²) in [5, 5.41) is 3.96. The molecular weight excluding hydrogens is 320 g/mol. The third-order valence-electron chi connectivity index (χ3n) is 4.39. The van der Waals surface area contributed by atoms with E-state index < -0.39 is 0 Å². The van der Waals surface area contributed by atoms with Crippen molar-refractivity contribution in [1.82, 2.24) is 19.6 Å². The zero-order valence-corrected chi connectivity index (χ0v) is 13.8. The first-order valence-electron chi connectivity index (χ1n) is 8.11. The lowest BCUT2D eigenvalue weighted by molar-refractivity contribution is -0.00512. The zero-order chi connectivity index (χ0) is 17.2. The van der Waals surface area contributed by atoms with Gasteiger partial charge in [0.1, 0.15) is 0 Å². The second-order valence-electron chi connectivity index (χ2n) is 5.95. The molecule has 3 aromatic heterocycles. The van der Waals surface area contributed by atoms with E-state index in [1.807, 2.05) is 42.1 Å². The van der Waals surface area contributed by atoms with Gasteiger partial charge in [-0.15, -0.1) is 0 Å². The summed E-state index contributed by atoms with van der Waals surface area (Å²) in [6.45, 7) is 1.50. The highest BCUT2D eigenvalue weighted by Gasteiger charge is 2.32. The number of aryl methyl sites for hydroxylation is 1. The second kappa shape index (κ2) is 6.52. The van der Waals surface area contributed by atoms with Crippen LogP contribution in [0.25, 0.3) is 11.3 Å². The number of aromatic nitrogens is 3. The molecule has 0 N–H and O–H groups in total. The number of carbonyl (C=O) groups excluding carboxylic acids is 1. The number of carbonyl (C=O) groups is 1. The van der Waals surface area contributed by atoms with E-state index in [9.17, 15) is 4.79 Å². The molecule has 4 rings (SSSR count). The SMILES string of the molecule is Cn1cccc1[C@H]1COCCN1C(=O)c1cc(-c2cccnc2)on1. The molecule has 0 saturated carbocycles. The Morgan fingerprint density at radius 1 is 1.32 bits per heavy atom. The van der Waals surface area contributed by atoms with Gasteiger partial charge < -0.3 is 18.7 Å². The van der Waals surface area contributed by atoms with E-state index in [0.29, 0.717) is 31.2 Å². The Labute approximate surface area is 144 Å². The maximum absolute atomic E-state index is 13.0. The molecule has 1 amide bonds. The Morgan fingerprint density at radius 2 is 2.24 bits per heavy atom. The normalized spacial score (nSPS) is 17.6. The molecule has 1 aliphatic rings. The molecule has 7 heteroatoms. The Bertz CT molecular complexity index is 871. The third-order valence-corrected chi connectivity index (χ3v) is 4.39. The molecule has 3 aromatic rings. The number of hydrogen-bond acceptors (Lipinski definition) is 5. The topological polar surface area (TPSA) is 73.4 Å². The molecule has 128 valence electrons. The number of hydrogen-bond donors (Lipinski definition) is 0. The lowest BCUT2D eigenvalue weighted by Crippen LogP contribution is -2.44. The summed E-state index contributed by atoms with van der Waals surface area (Å²) in [7, 11) is 1.96. The van der Waals surface area contributed by atoms with E-state index >= 15 is 0 Å². The van der Waals surface area contributed by atoms with Crippen LogP contribution in [0.4, 0.5) is 0 Å². The number of nitrogens with zero attached hydrogens (tertiary/aromatic N) is 4. The first-order valence-corrected chi connectivity index (χ1v) is 8.11. The van der Waals surface area contributed by atoms with Crippen molar-refractivity contribution in [2.45, 2.75) is 6.04 Å². The summed E-state index contributed by atoms with van der Waals surface area (Å²) in [6, 6.07) is 9.17.